The third-order valence-electron chi connectivity index (χ3n) is 2.89. The van der Waals surface area contributed by atoms with Gasteiger partial charge >= 0.3 is 0 Å². The summed E-state index contributed by atoms with van der Waals surface area (Å²) >= 11 is 9.69. The van der Waals surface area contributed by atoms with Crippen LogP contribution in [0.3, 0.4) is 0 Å². The predicted molar refractivity (Wildman–Crippen MR) is 87.3 cm³/mol. The molecule has 0 fully saturated rings. The van der Waals surface area contributed by atoms with Crippen molar-refractivity contribution in [2.24, 2.45) is 5.73 Å². The largest absolute Gasteiger partial charge is 0.489 e. The summed E-state index contributed by atoms with van der Waals surface area (Å²) < 4.78 is 6.94. The SMILES string of the molecule is CC(N)Cc1c(Cl)cccc1OCc1cccc(Br)c1. The molecule has 0 bridgehead atoms. The maximum absolute atomic E-state index is 6.24. The Balaban J connectivity index is 2.15. The third-order valence-corrected chi connectivity index (χ3v) is 3.73. The van der Waals surface area contributed by atoms with Crippen LogP contribution in [0.2, 0.25) is 5.02 Å². The van der Waals surface area contributed by atoms with Crippen molar-refractivity contribution in [3.8, 4) is 5.75 Å². The van der Waals surface area contributed by atoms with Gasteiger partial charge in [0.05, 0.1) is 0 Å². The Hall–Kier alpha value is -1.03. The summed E-state index contributed by atoms with van der Waals surface area (Å²) in [4.78, 5) is 0. The van der Waals surface area contributed by atoms with E-state index in [2.05, 4.69) is 15.9 Å². The lowest BCUT2D eigenvalue weighted by Crippen LogP contribution is -2.18. The van der Waals surface area contributed by atoms with Gasteiger partial charge in [-0.05, 0) is 43.2 Å². The number of benzene rings is 2. The van der Waals surface area contributed by atoms with Gasteiger partial charge in [-0.2, -0.15) is 0 Å². The normalized spacial score (nSPS) is 12.2. The zero-order chi connectivity index (χ0) is 14.5. The maximum atomic E-state index is 6.24. The van der Waals surface area contributed by atoms with E-state index in [1.54, 1.807) is 0 Å². The molecule has 0 heterocycles. The van der Waals surface area contributed by atoms with Gasteiger partial charge in [0.2, 0.25) is 0 Å². The number of ether oxygens (including phenoxy) is 1. The highest BCUT2D eigenvalue weighted by Crippen LogP contribution is 2.28. The van der Waals surface area contributed by atoms with E-state index in [4.69, 9.17) is 22.1 Å². The molecule has 0 radical (unpaired) electrons. The van der Waals surface area contributed by atoms with Crippen molar-refractivity contribution in [1.29, 1.82) is 0 Å². The second kappa shape index (κ2) is 7.11. The number of hydrogen-bond acceptors (Lipinski definition) is 2. The number of halogens is 2. The molecule has 0 aliphatic carbocycles. The molecule has 0 aromatic heterocycles. The molecular formula is C16H17BrClNO. The van der Waals surface area contributed by atoms with Crippen LogP contribution in [0.4, 0.5) is 0 Å². The second-order valence-electron chi connectivity index (χ2n) is 4.82. The second-order valence-corrected chi connectivity index (χ2v) is 6.14. The van der Waals surface area contributed by atoms with Crippen molar-refractivity contribution in [2.75, 3.05) is 0 Å². The van der Waals surface area contributed by atoms with Crippen LogP contribution in [0.5, 0.6) is 5.75 Å². The summed E-state index contributed by atoms with van der Waals surface area (Å²) in [5.74, 6) is 0.801. The van der Waals surface area contributed by atoms with Gasteiger partial charge < -0.3 is 10.5 Å². The average molecular weight is 355 g/mol. The van der Waals surface area contributed by atoms with Crippen molar-refractivity contribution in [3.63, 3.8) is 0 Å². The van der Waals surface area contributed by atoms with Crippen molar-refractivity contribution >= 4 is 27.5 Å². The molecule has 0 saturated carbocycles. The Bertz CT molecular complexity index is 586. The van der Waals surface area contributed by atoms with Crippen LogP contribution in [0.1, 0.15) is 18.1 Å². The maximum Gasteiger partial charge on any atom is 0.124 e. The molecule has 2 nitrogen and oxygen atoms in total. The molecule has 2 aromatic rings. The van der Waals surface area contributed by atoms with Gasteiger partial charge in [0.15, 0.2) is 0 Å². The number of nitrogens with two attached hydrogens (primary N) is 1. The fourth-order valence-electron chi connectivity index (χ4n) is 1.98. The first-order valence-corrected chi connectivity index (χ1v) is 7.63. The highest BCUT2D eigenvalue weighted by Gasteiger charge is 2.10. The molecule has 0 saturated heterocycles. The van der Waals surface area contributed by atoms with Gasteiger partial charge in [0.25, 0.3) is 0 Å². The smallest absolute Gasteiger partial charge is 0.124 e. The van der Waals surface area contributed by atoms with Crippen LogP contribution >= 0.6 is 27.5 Å². The Morgan fingerprint density at radius 2 is 2.00 bits per heavy atom. The molecule has 106 valence electrons. The first-order valence-electron chi connectivity index (χ1n) is 6.46. The lowest BCUT2D eigenvalue weighted by molar-refractivity contribution is 0.302. The molecule has 1 atom stereocenters. The van der Waals surface area contributed by atoms with Crippen LogP contribution in [0, 0.1) is 0 Å². The molecule has 0 aliphatic heterocycles. The van der Waals surface area contributed by atoms with Gasteiger partial charge in [0, 0.05) is 21.1 Å². The quantitative estimate of drug-likeness (QED) is 0.853. The topological polar surface area (TPSA) is 35.2 Å². The fraction of sp³-hybridized carbons (Fsp3) is 0.250. The molecule has 0 amide bonds. The average Bonchev–Trinajstić information content (AvgIpc) is 2.39. The van der Waals surface area contributed by atoms with Crippen LogP contribution in [-0.4, -0.2) is 6.04 Å². The van der Waals surface area contributed by atoms with E-state index in [1.165, 1.54) is 0 Å². The van der Waals surface area contributed by atoms with E-state index in [-0.39, 0.29) is 6.04 Å². The van der Waals surface area contributed by atoms with E-state index in [9.17, 15) is 0 Å². The van der Waals surface area contributed by atoms with Gasteiger partial charge in [0.1, 0.15) is 12.4 Å². The van der Waals surface area contributed by atoms with Crippen LogP contribution in [0.15, 0.2) is 46.9 Å². The fourth-order valence-corrected chi connectivity index (χ4v) is 2.67. The zero-order valence-electron chi connectivity index (χ0n) is 11.3. The van der Waals surface area contributed by atoms with Crippen LogP contribution in [0.25, 0.3) is 0 Å². The Morgan fingerprint density at radius 3 is 2.70 bits per heavy atom. The molecule has 1 unspecified atom stereocenters. The molecular weight excluding hydrogens is 338 g/mol. The summed E-state index contributed by atoms with van der Waals surface area (Å²) in [7, 11) is 0. The first kappa shape index (κ1) is 15.4. The lowest BCUT2D eigenvalue weighted by Gasteiger charge is -2.14. The minimum Gasteiger partial charge on any atom is -0.489 e. The van der Waals surface area contributed by atoms with Gasteiger partial charge in [-0.15, -0.1) is 0 Å². The summed E-state index contributed by atoms with van der Waals surface area (Å²) in [6, 6.07) is 13.8. The summed E-state index contributed by atoms with van der Waals surface area (Å²) in [5, 5.41) is 0.703. The number of hydrogen-bond donors (Lipinski definition) is 1. The first-order chi connectivity index (χ1) is 9.56. The Kier molecular flexibility index (Phi) is 5.46. The molecule has 0 spiro atoms. The molecule has 2 N–H and O–H groups in total. The van der Waals surface area contributed by atoms with E-state index in [1.807, 2.05) is 49.4 Å². The van der Waals surface area contributed by atoms with Crippen molar-refractivity contribution in [1.82, 2.24) is 0 Å². The van der Waals surface area contributed by atoms with E-state index in [0.717, 1.165) is 21.3 Å². The van der Waals surface area contributed by atoms with Gasteiger partial charge in [-0.3, -0.25) is 0 Å². The molecule has 4 heteroatoms. The van der Waals surface area contributed by atoms with Crippen LogP contribution in [-0.2, 0) is 13.0 Å². The third kappa shape index (κ3) is 4.23. The minimum absolute atomic E-state index is 0.0446. The van der Waals surface area contributed by atoms with E-state index in [0.29, 0.717) is 18.1 Å². The molecule has 2 aromatic carbocycles. The van der Waals surface area contributed by atoms with Gasteiger partial charge in [-0.1, -0.05) is 45.7 Å². The van der Waals surface area contributed by atoms with Crippen molar-refractivity contribution in [2.45, 2.75) is 26.0 Å². The Morgan fingerprint density at radius 1 is 1.25 bits per heavy atom. The van der Waals surface area contributed by atoms with Crippen molar-refractivity contribution < 1.29 is 4.74 Å². The number of rotatable bonds is 5. The highest BCUT2D eigenvalue weighted by molar-refractivity contribution is 9.10. The summed E-state index contributed by atoms with van der Waals surface area (Å²) in [6.07, 6.45) is 0.702. The lowest BCUT2D eigenvalue weighted by atomic mass is 10.1. The summed E-state index contributed by atoms with van der Waals surface area (Å²) in [6.45, 7) is 2.47. The summed E-state index contributed by atoms with van der Waals surface area (Å²) in [5.41, 5.74) is 7.94. The molecule has 20 heavy (non-hydrogen) atoms. The molecule has 0 aliphatic rings. The van der Waals surface area contributed by atoms with Crippen LogP contribution < -0.4 is 10.5 Å². The monoisotopic (exact) mass is 353 g/mol. The van der Waals surface area contributed by atoms with E-state index >= 15 is 0 Å². The van der Waals surface area contributed by atoms with Gasteiger partial charge in [-0.25, -0.2) is 0 Å². The molecule has 2 rings (SSSR count). The van der Waals surface area contributed by atoms with Crippen molar-refractivity contribution in [3.05, 3.63) is 63.1 Å². The predicted octanol–water partition coefficient (Wildman–Crippen LogP) is 4.57. The Labute approximate surface area is 133 Å². The minimum atomic E-state index is 0.0446. The standard InChI is InChI=1S/C16H17BrClNO/c1-11(19)8-14-15(18)6-3-7-16(14)20-10-12-4-2-5-13(17)9-12/h2-7,9,11H,8,10,19H2,1H3. The highest BCUT2D eigenvalue weighted by atomic mass is 79.9. The van der Waals surface area contributed by atoms with E-state index < -0.39 is 0 Å². The zero-order valence-corrected chi connectivity index (χ0v) is 13.6.